The smallest absolute Gasteiger partial charge is 0.164 e. The Morgan fingerprint density at radius 2 is 1.94 bits per heavy atom. The van der Waals surface area contributed by atoms with E-state index in [1.807, 2.05) is 37.4 Å². The first kappa shape index (κ1) is 21.6. The third kappa shape index (κ3) is 4.07. The molecule has 0 aliphatic carbocycles. The van der Waals surface area contributed by atoms with Crippen molar-refractivity contribution in [1.29, 1.82) is 5.26 Å². The normalized spacial score (nSPS) is 10.9. The van der Waals surface area contributed by atoms with E-state index in [1.54, 1.807) is 23.7 Å². The predicted octanol–water partition coefficient (Wildman–Crippen LogP) is 4.67. The van der Waals surface area contributed by atoms with E-state index < -0.39 is 0 Å². The Morgan fingerprint density at radius 3 is 2.71 bits per heavy atom. The molecule has 0 saturated carbocycles. The summed E-state index contributed by atoms with van der Waals surface area (Å²) in [5.41, 5.74) is 10.1. The number of anilines is 2. The number of fused-ring (bicyclic) bond motifs is 1. The van der Waals surface area contributed by atoms with E-state index in [4.69, 9.17) is 15.7 Å². The van der Waals surface area contributed by atoms with Gasteiger partial charge in [-0.1, -0.05) is 30.3 Å². The summed E-state index contributed by atoms with van der Waals surface area (Å²) in [6.07, 6.45) is 4.98. The summed E-state index contributed by atoms with van der Waals surface area (Å²) in [4.78, 5) is 17.2. The van der Waals surface area contributed by atoms with Crippen LogP contribution in [-0.2, 0) is 6.42 Å². The molecule has 0 atom stereocenters. The van der Waals surface area contributed by atoms with E-state index in [1.165, 1.54) is 0 Å². The number of aromatic amines is 1. The lowest BCUT2D eigenvalue weighted by Gasteiger charge is -2.20. The summed E-state index contributed by atoms with van der Waals surface area (Å²) < 4.78 is 0. The SMILES string of the molecule is CN(CCCc1[nH]nc(N)c1C#N)c1nc(-c2cccnc2)nc2scc(-c3ccccc3)c12. The maximum Gasteiger partial charge on any atom is 0.164 e. The molecule has 0 amide bonds. The van der Waals surface area contributed by atoms with Crippen LogP contribution in [0.3, 0.4) is 0 Å². The number of pyridine rings is 1. The summed E-state index contributed by atoms with van der Waals surface area (Å²) in [6, 6.07) is 16.3. The Balaban J connectivity index is 1.51. The topological polar surface area (TPSA) is 120 Å². The van der Waals surface area contributed by atoms with Gasteiger partial charge in [0.25, 0.3) is 0 Å². The largest absolute Gasteiger partial charge is 0.381 e. The molecule has 5 aromatic rings. The van der Waals surface area contributed by atoms with Crippen LogP contribution in [0.25, 0.3) is 32.7 Å². The predicted molar refractivity (Wildman–Crippen MR) is 135 cm³/mol. The van der Waals surface area contributed by atoms with Crippen molar-refractivity contribution in [3.8, 4) is 28.6 Å². The molecule has 8 nitrogen and oxygen atoms in total. The molecule has 1 aromatic carbocycles. The molecule has 0 aliphatic heterocycles. The fraction of sp³-hybridized carbons (Fsp3) is 0.160. The molecule has 0 saturated heterocycles. The highest BCUT2D eigenvalue weighted by molar-refractivity contribution is 7.17. The van der Waals surface area contributed by atoms with Crippen molar-refractivity contribution in [3.05, 3.63) is 71.5 Å². The quantitative estimate of drug-likeness (QED) is 0.358. The molecule has 0 unspecified atom stereocenters. The molecule has 3 N–H and O–H groups in total. The van der Waals surface area contributed by atoms with Crippen LogP contribution in [0, 0.1) is 11.3 Å². The minimum absolute atomic E-state index is 0.246. The second kappa shape index (κ2) is 9.29. The Hall–Kier alpha value is -4.29. The number of nitrogens with zero attached hydrogens (tertiary/aromatic N) is 6. The second-order valence-corrected chi connectivity index (χ2v) is 8.77. The molecular formula is C25H22N8S. The summed E-state index contributed by atoms with van der Waals surface area (Å²) >= 11 is 1.62. The van der Waals surface area contributed by atoms with Crippen molar-refractivity contribution in [3.63, 3.8) is 0 Å². The molecule has 5 rings (SSSR count). The van der Waals surface area contributed by atoms with Gasteiger partial charge in [0, 0.05) is 42.5 Å². The fourth-order valence-electron chi connectivity index (χ4n) is 3.95. The Labute approximate surface area is 200 Å². The van der Waals surface area contributed by atoms with Crippen LogP contribution < -0.4 is 10.6 Å². The number of nitrogen functional groups attached to an aromatic ring is 1. The maximum absolute atomic E-state index is 9.33. The minimum Gasteiger partial charge on any atom is -0.381 e. The number of aromatic nitrogens is 5. The molecule has 0 fully saturated rings. The van der Waals surface area contributed by atoms with E-state index in [-0.39, 0.29) is 5.82 Å². The van der Waals surface area contributed by atoms with Crippen molar-refractivity contribution >= 4 is 33.2 Å². The van der Waals surface area contributed by atoms with Crippen LogP contribution in [0.2, 0.25) is 0 Å². The highest BCUT2D eigenvalue weighted by Gasteiger charge is 2.19. The third-order valence-corrected chi connectivity index (χ3v) is 6.55. The lowest BCUT2D eigenvalue weighted by atomic mass is 10.1. The molecule has 0 spiro atoms. The number of hydrogen-bond acceptors (Lipinski definition) is 8. The zero-order valence-corrected chi connectivity index (χ0v) is 19.4. The highest BCUT2D eigenvalue weighted by Crippen LogP contribution is 2.39. The van der Waals surface area contributed by atoms with Crippen LogP contribution in [-0.4, -0.2) is 38.7 Å². The molecule has 0 aliphatic rings. The second-order valence-electron chi connectivity index (χ2n) is 7.91. The van der Waals surface area contributed by atoms with Crippen molar-refractivity contribution in [1.82, 2.24) is 25.1 Å². The van der Waals surface area contributed by atoms with Crippen molar-refractivity contribution in [2.24, 2.45) is 0 Å². The van der Waals surface area contributed by atoms with Crippen molar-refractivity contribution < 1.29 is 0 Å². The van der Waals surface area contributed by atoms with Crippen LogP contribution in [0.15, 0.2) is 60.2 Å². The average Bonchev–Trinajstić information content (AvgIpc) is 3.47. The lowest BCUT2D eigenvalue weighted by Crippen LogP contribution is -2.21. The van der Waals surface area contributed by atoms with Crippen LogP contribution in [0.4, 0.5) is 11.6 Å². The van der Waals surface area contributed by atoms with Gasteiger partial charge >= 0.3 is 0 Å². The van der Waals surface area contributed by atoms with E-state index in [0.29, 0.717) is 17.8 Å². The first-order valence-electron chi connectivity index (χ1n) is 10.8. The number of nitrogens with two attached hydrogens (primary N) is 1. The van der Waals surface area contributed by atoms with Gasteiger partial charge in [-0.05, 0) is 30.5 Å². The number of nitriles is 1. The number of rotatable bonds is 7. The minimum atomic E-state index is 0.246. The first-order chi connectivity index (χ1) is 16.7. The summed E-state index contributed by atoms with van der Waals surface area (Å²) in [5, 5.41) is 19.3. The Bertz CT molecular complexity index is 1470. The van der Waals surface area contributed by atoms with Gasteiger partial charge < -0.3 is 10.6 Å². The molecule has 4 aromatic heterocycles. The van der Waals surface area contributed by atoms with Crippen LogP contribution in [0.5, 0.6) is 0 Å². The number of aryl methyl sites for hydroxylation is 1. The standard InChI is InChI=1S/C25H22N8S/c1-33(12-6-10-20-18(13-26)22(27)32-31-20)24-21-19(16-7-3-2-4-8-16)15-34-25(21)30-23(29-24)17-9-5-11-28-14-17/h2-5,7-9,11,14-15H,6,10,12H2,1H3,(H3,27,31,32). The molecular weight excluding hydrogens is 444 g/mol. The monoisotopic (exact) mass is 466 g/mol. The van der Waals surface area contributed by atoms with Crippen LogP contribution in [0.1, 0.15) is 17.7 Å². The van der Waals surface area contributed by atoms with Gasteiger partial charge in [-0.15, -0.1) is 11.3 Å². The Morgan fingerprint density at radius 1 is 1.12 bits per heavy atom. The highest BCUT2D eigenvalue weighted by atomic mass is 32.1. The van der Waals surface area contributed by atoms with E-state index in [0.717, 1.165) is 51.4 Å². The van der Waals surface area contributed by atoms with Gasteiger partial charge in [-0.2, -0.15) is 10.4 Å². The lowest BCUT2D eigenvalue weighted by molar-refractivity contribution is 0.761. The maximum atomic E-state index is 9.33. The summed E-state index contributed by atoms with van der Waals surface area (Å²) in [7, 11) is 2.04. The van der Waals surface area contributed by atoms with Gasteiger partial charge in [-0.25, -0.2) is 9.97 Å². The van der Waals surface area contributed by atoms with Gasteiger partial charge in [0.05, 0.1) is 11.1 Å². The number of thiophene rings is 1. The van der Waals surface area contributed by atoms with Gasteiger partial charge in [0.15, 0.2) is 11.6 Å². The molecule has 9 heteroatoms. The van der Waals surface area contributed by atoms with Crippen LogP contribution >= 0.6 is 11.3 Å². The van der Waals surface area contributed by atoms with E-state index in [2.05, 4.69) is 43.7 Å². The number of nitrogens with one attached hydrogen (secondary N) is 1. The van der Waals surface area contributed by atoms with E-state index >= 15 is 0 Å². The zero-order chi connectivity index (χ0) is 23.5. The zero-order valence-electron chi connectivity index (χ0n) is 18.6. The molecule has 168 valence electrons. The first-order valence-corrected chi connectivity index (χ1v) is 11.7. The van der Waals surface area contributed by atoms with Gasteiger partial charge in [0.1, 0.15) is 22.3 Å². The number of hydrogen-bond donors (Lipinski definition) is 2. The summed E-state index contributed by atoms with van der Waals surface area (Å²) in [5.74, 6) is 1.76. The summed E-state index contributed by atoms with van der Waals surface area (Å²) in [6.45, 7) is 0.729. The van der Waals surface area contributed by atoms with Crippen molar-refractivity contribution in [2.45, 2.75) is 12.8 Å². The molecule has 0 radical (unpaired) electrons. The molecule has 34 heavy (non-hydrogen) atoms. The Kier molecular flexibility index (Phi) is 5.89. The van der Waals surface area contributed by atoms with Gasteiger partial charge in [0.2, 0.25) is 0 Å². The molecule has 0 bridgehead atoms. The van der Waals surface area contributed by atoms with E-state index in [9.17, 15) is 5.26 Å². The fourth-order valence-corrected chi connectivity index (χ4v) is 4.89. The number of H-pyrrole nitrogens is 1. The average molecular weight is 467 g/mol. The third-order valence-electron chi connectivity index (χ3n) is 5.68. The van der Waals surface area contributed by atoms with Crippen molar-refractivity contribution in [2.75, 3.05) is 24.2 Å². The molecule has 4 heterocycles. The number of benzene rings is 1. The van der Waals surface area contributed by atoms with Gasteiger partial charge in [-0.3, -0.25) is 10.1 Å².